The standard InChI is InChI=1S/C21H24N2O4S/c1-22(14-16-8-4-3-5-9-16)21(25)19(12-13-28(2,26)27)23-15-17-10-6-7-11-18(17)20(23)24/h3-11,19H,12-15H2,1-2H3/t19-/m1/s1. The summed E-state index contributed by atoms with van der Waals surface area (Å²) in [6.07, 6.45) is 1.22. The molecule has 0 unspecified atom stereocenters. The normalized spacial score (nSPS) is 14.6. The number of carbonyl (C=O) groups is 2. The van der Waals surface area contributed by atoms with Gasteiger partial charge >= 0.3 is 0 Å². The summed E-state index contributed by atoms with van der Waals surface area (Å²) >= 11 is 0. The highest BCUT2D eigenvalue weighted by molar-refractivity contribution is 7.90. The Bertz CT molecular complexity index is 973. The van der Waals surface area contributed by atoms with Crippen LogP contribution in [0.5, 0.6) is 0 Å². The lowest BCUT2D eigenvalue weighted by Crippen LogP contribution is -2.48. The van der Waals surface area contributed by atoms with Gasteiger partial charge in [-0.25, -0.2) is 8.42 Å². The van der Waals surface area contributed by atoms with Gasteiger partial charge in [0, 0.05) is 32.0 Å². The van der Waals surface area contributed by atoms with E-state index in [9.17, 15) is 18.0 Å². The molecule has 0 radical (unpaired) electrons. The first-order chi connectivity index (χ1) is 13.3. The first-order valence-corrected chi connectivity index (χ1v) is 11.2. The van der Waals surface area contributed by atoms with Crippen molar-refractivity contribution in [2.24, 2.45) is 0 Å². The van der Waals surface area contributed by atoms with E-state index in [2.05, 4.69) is 0 Å². The van der Waals surface area contributed by atoms with Crippen LogP contribution in [0.4, 0.5) is 0 Å². The number of hydrogen-bond acceptors (Lipinski definition) is 4. The van der Waals surface area contributed by atoms with Crippen molar-refractivity contribution in [3.05, 3.63) is 71.3 Å². The molecular weight excluding hydrogens is 376 g/mol. The molecule has 3 rings (SSSR count). The first kappa shape index (κ1) is 20.1. The van der Waals surface area contributed by atoms with Crippen molar-refractivity contribution < 1.29 is 18.0 Å². The Kier molecular flexibility index (Phi) is 5.84. The predicted octanol–water partition coefficient (Wildman–Crippen LogP) is 2.10. The summed E-state index contributed by atoms with van der Waals surface area (Å²) in [7, 11) is -1.58. The van der Waals surface area contributed by atoms with Gasteiger partial charge < -0.3 is 9.80 Å². The molecular formula is C21H24N2O4S. The van der Waals surface area contributed by atoms with Crippen molar-refractivity contribution in [3.8, 4) is 0 Å². The summed E-state index contributed by atoms with van der Waals surface area (Å²) in [4.78, 5) is 29.1. The molecule has 0 spiro atoms. The fourth-order valence-electron chi connectivity index (χ4n) is 3.46. The number of amides is 2. The van der Waals surface area contributed by atoms with E-state index in [4.69, 9.17) is 0 Å². The molecule has 0 saturated heterocycles. The Morgan fingerprint density at radius 3 is 2.39 bits per heavy atom. The largest absolute Gasteiger partial charge is 0.340 e. The number of benzene rings is 2. The van der Waals surface area contributed by atoms with Gasteiger partial charge in [-0.3, -0.25) is 9.59 Å². The van der Waals surface area contributed by atoms with Crippen LogP contribution < -0.4 is 0 Å². The van der Waals surface area contributed by atoms with Crippen LogP contribution in [0.2, 0.25) is 0 Å². The molecule has 0 N–H and O–H groups in total. The van der Waals surface area contributed by atoms with Gasteiger partial charge in [-0.1, -0.05) is 48.5 Å². The number of rotatable bonds is 7. The van der Waals surface area contributed by atoms with Crippen LogP contribution in [0.15, 0.2) is 54.6 Å². The third kappa shape index (κ3) is 4.59. The lowest BCUT2D eigenvalue weighted by atomic mass is 10.1. The zero-order valence-electron chi connectivity index (χ0n) is 16.0. The average molecular weight is 401 g/mol. The molecule has 1 atom stereocenters. The maximum absolute atomic E-state index is 13.2. The van der Waals surface area contributed by atoms with E-state index in [1.165, 1.54) is 4.90 Å². The Labute approximate surface area is 165 Å². The van der Waals surface area contributed by atoms with Gasteiger partial charge in [0.2, 0.25) is 5.91 Å². The summed E-state index contributed by atoms with van der Waals surface area (Å²) in [6, 6.07) is 16.0. The second-order valence-electron chi connectivity index (χ2n) is 7.20. The molecule has 0 bridgehead atoms. The topological polar surface area (TPSA) is 74.8 Å². The zero-order valence-corrected chi connectivity index (χ0v) is 16.9. The Hall–Kier alpha value is -2.67. The number of fused-ring (bicyclic) bond motifs is 1. The first-order valence-electron chi connectivity index (χ1n) is 9.12. The lowest BCUT2D eigenvalue weighted by Gasteiger charge is -2.30. The molecule has 2 aromatic carbocycles. The molecule has 0 aliphatic carbocycles. The third-order valence-electron chi connectivity index (χ3n) is 4.91. The molecule has 28 heavy (non-hydrogen) atoms. The van der Waals surface area contributed by atoms with Crippen LogP contribution in [0.25, 0.3) is 0 Å². The van der Waals surface area contributed by atoms with Gasteiger partial charge in [0.1, 0.15) is 15.9 Å². The number of likely N-dealkylation sites (N-methyl/N-ethyl adjacent to an activating group) is 1. The monoisotopic (exact) mass is 400 g/mol. The summed E-state index contributed by atoms with van der Waals surface area (Å²) in [6.45, 7) is 0.707. The smallest absolute Gasteiger partial charge is 0.255 e. The van der Waals surface area contributed by atoms with Gasteiger partial charge in [0.05, 0.1) is 5.75 Å². The highest BCUT2D eigenvalue weighted by Crippen LogP contribution is 2.26. The van der Waals surface area contributed by atoms with Crippen molar-refractivity contribution >= 4 is 21.7 Å². The lowest BCUT2D eigenvalue weighted by molar-refractivity contribution is -0.135. The van der Waals surface area contributed by atoms with E-state index in [0.717, 1.165) is 17.4 Å². The highest BCUT2D eigenvalue weighted by Gasteiger charge is 2.37. The maximum atomic E-state index is 13.2. The molecule has 0 fully saturated rings. The molecule has 0 aromatic heterocycles. The third-order valence-corrected chi connectivity index (χ3v) is 5.89. The number of nitrogens with zero attached hydrogens (tertiary/aromatic N) is 2. The number of sulfone groups is 1. The molecule has 7 heteroatoms. The van der Waals surface area contributed by atoms with E-state index < -0.39 is 15.9 Å². The summed E-state index contributed by atoms with van der Waals surface area (Å²) < 4.78 is 23.4. The Morgan fingerprint density at radius 1 is 1.11 bits per heavy atom. The minimum absolute atomic E-state index is 0.0799. The second-order valence-corrected chi connectivity index (χ2v) is 9.46. The molecule has 2 aromatic rings. The quantitative estimate of drug-likeness (QED) is 0.713. The number of hydrogen-bond donors (Lipinski definition) is 0. The van der Waals surface area contributed by atoms with E-state index in [1.807, 2.05) is 42.5 Å². The molecule has 1 aliphatic heterocycles. The van der Waals surface area contributed by atoms with E-state index in [-0.39, 0.29) is 24.0 Å². The number of carbonyl (C=O) groups excluding carboxylic acids is 2. The van der Waals surface area contributed by atoms with Gasteiger partial charge in [-0.15, -0.1) is 0 Å². The Balaban J connectivity index is 1.83. The summed E-state index contributed by atoms with van der Waals surface area (Å²) in [5.41, 5.74) is 2.40. The fourth-order valence-corrected chi connectivity index (χ4v) is 4.11. The van der Waals surface area contributed by atoms with Crippen LogP contribution in [-0.4, -0.2) is 55.1 Å². The average Bonchev–Trinajstić information content (AvgIpc) is 2.98. The van der Waals surface area contributed by atoms with Crippen molar-refractivity contribution in [3.63, 3.8) is 0 Å². The second kappa shape index (κ2) is 8.14. The van der Waals surface area contributed by atoms with Crippen LogP contribution in [0.1, 0.15) is 27.9 Å². The van der Waals surface area contributed by atoms with Crippen molar-refractivity contribution in [1.82, 2.24) is 9.80 Å². The van der Waals surface area contributed by atoms with Crippen LogP contribution >= 0.6 is 0 Å². The van der Waals surface area contributed by atoms with E-state index in [0.29, 0.717) is 18.7 Å². The van der Waals surface area contributed by atoms with E-state index >= 15 is 0 Å². The maximum Gasteiger partial charge on any atom is 0.255 e. The fraction of sp³-hybridized carbons (Fsp3) is 0.333. The Morgan fingerprint density at radius 2 is 1.75 bits per heavy atom. The summed E-state index contributed by atoms with van der Waals surface area (Å²) in [5, 5.41) is 0. The van der Waals surface area contributed by atoms with Crippen LogP contribution in [0, 0.1) is 0 Å². The molecule has 1 heterocycles. The van der Waals surface area contributed by atoms with Gasteiger partial charge in [-0.05, 0) is 23.6 Å². The van der Waals surface area contributed by atoms with Crippen LogP contribution in [0.3, 0.4) is 0 Å². The van der Waals surface area contributed by atoms with Gasteiger partial charge in [0.15, 0.2) is 0 Å². The SMILES string of the molecule is CN(Cc1ccccc1)C(=O)[C@@H](CCS(C)(=O)=O)N1Cc2ccccc2C1=O. The molecule has 1 aliphatic rings. The predicted molar refractivity (Wildman–Crippen MR) is 107 cm³/mol. The summed E-state index contributed by atoms with van der Waals surface area (Å²) in [5.74, 6) is -0.632. The highest BCUT2D eigenvalue weighted by atomic mass is 32.2. The minimum atomic E-state index is -3.26. The van der Waals surface area contributed by atoms with Gasteiger partial charge in [-0.2, -0.15) is 0 Å². The molecule has 0 saturated carbocycles. The van der Waals surface area contributed by atoms with E-state index in [1.54, 1.807) is 24.1 Å². The zero-order chi connectivity index (χ0) is 20.3. The van der Waals surface area contributed by atoms with Crippen LogP contribution in [-0.2, 0) is 27.7 Å². The van der Waals surface area contributed by atoms with Crippen molar-refractivity contribution in [2.75, 3.05) is 19.1 Å². The van der Waals surface area contributed by atoms with Crippen molar-refractivity contribution in [2.45, 2.75) is 25.6 Å². The molecule has 2 amide bonds. The molecule has 148 valence electrons. The molecule has 6 nitrogen and oxygen atoms in total. The minimum Gasteiger partial charge on any atom is -0.340 e. The van der Waals surface area contributed by atoms with Gasteiger partial charge in [0.25, 0.3) is 5.91 Å². The van der Waals surface area contributed by atoms with Crippen molar-refractivity contribution in [1.29, 1.82) is 0 Å².